The van der Waals surface area contributed by atoms with E-state index in [-0.39, 0.29) is 17.0 Å². The van der Waals surface area contributed by atoms with Gasteiger partial charge >= 0.3 is 0 Å². The van der Waals surface area contributed by atoms with Gasteiger partial charge < -0.3 is 5.32 Å². The molecule has 0 aliphatic carbocycles. The summed E-state index contributed by atoms with van der Waals surface area (Å²) >= 11 is 5.67. The lowest BCUT2D eigenvalue weighted by Crippen LogP contribution is -2.10. The minimum atomic E-state index is -0.232. The predicted octanol–water partition coefficient (Wildman–Crippen LogP) is 1.13. The van der Waals surface area contributed by atoms with E-state index < -0.39 is 0 Å². The molecule has 0 saturated carbocycles. The van der Waals surface area contributed by atoms with E-state index in [9.17, 15) is 4.79 Å². The van der Waals surface area contributed by atoms with Gasteiger partial charge in [0.25, 0.3) is 0 Å². The molecule has 0 unspecified atom stereocenters. The number of carbonyl (C=O) groups is 1. The van der Waals surface area contributed by atoms with Gasteiger partial charge in [0.15, 0.2) is 0 Å². The Hall–Kier alpha value is -1.36. The number of halogens is 1. The van der Waals surface area contributed by atoms with Crippen molar-refractivity contribution in [1.29, 1.82) is 0 Å². The monoisotopic (exact) mass is 200 g/mol. The summed E-state index contributed by atoms with van der Waals surface area (Å²) in [5.41, 5.74) is 0. The molecule has 0 saturated heterocycles. The van der Waals surface area contributed by atoms with Crippen molar-refractivity contribution >= 4 is 29.3 Å². The molecular formula is C7H9ClN4O. The molecule has 1 rings (SSSR count). The second-order valence-electron chi connectivity index (χ2n) is 2.33. The number of aromatic nitrogens is 2. The number of nitrogens with one attached hydrogen (secondary N) is 2. The Bertz CT molecular complexity index is 328. The first-order valence-corrected chi connectivity index (χ1v) is 3.99. The first-order chi connectivity index (χ1) is 6.11. The molecule has 1 aromatic heterocycles. The summed E-state index contributed by atoms with van der Waals surface area (Å²) in [6.07, 6.45) is 0. The van der Waals surface area contributed by atoms with Crippen molar-refractivity contribution in [3.8, 4) is 0 Å². The highest BCUT2D eigenvalue weighted by Crippen LogP contribution is 2.13. The molecule has 6 heteroatoms. The molecule has 5 nitrogen and oxygen atoms in total. The van der Waals surface area contributed by atoms with E-state index >= 15 is 0 Å². The van der Waals surface area contributed by atoms with E-state index in [4.69, 9.17) is 11.6 Å². The van der Waals surface area contributed by atoms with Gasteiger partial charge in [-0.2, -0.15) is 4.98 Å². The van der Waals surface area contributed by atoms with Gasteiger partial charge in [0.2, 0.25) is 11.9 Å². The molecule has 1 heterocycles. The maximum absolute atomic E-state index is 10.7. The van der Waals surface area contributed by atoms with Crippen molar-refractivity contribution < 1.29 is 4.79 Å². The van der Waals surface area contributed by atoms with E-state index in [1.165, 1.54) is 6.92 Å². The minimum Gasteiger partial charge on any atom is -0.373 e. The molecule has 0 bridgehead atoms. The Morgan fingerprint density at radius 2 is 2.23 bits per heavy atom. The Morgan fingerprint density at radius 3 is 2.77 bits per heavy atom. The lowest BCUT2D eigenvalue weighted by atomic mass is 10.6. The molecule has 0 aromatic carbocycles. The average molecular weight is 201 g/mol. The van der Waals surface area contributed by atoms with E-state index in [0.29, 0.717) is 5.82 Å². The van der Waals surface area contributed by atoms with Gasteiger partial charge in [-0.1, -0.05) is 11.6 Å². The average Bonchev–Trinajstić information content (AvgIpc) is 2.01. The summed E-state index contributed by atoms with van der Waals surface area (Å²) in [4.78, 5) is 18.4. The second-order valence-corrected chi connectivity index (χ2v) is 2.72. The number of hydrogen-bond acceptors (Lipinski definition) is 4. The van der Waals surface area contributed by atoms with Crippen LogP contribution in [-0.2, 0) is 4.79 Å². The number of nitrogens with zero attached hydrogens (tertiary/aromatic N) is 2. The van der Waals surface area contributed by atoms with Gasteiger partial charge in [-0.05, 0) is 0 Å². The highest BCUT2D eigenvalue weighted by Gasteiger charge is 2.02. The standard InChI is InChI=1S/C7H9ClN4O/c1-4(13)10-7-11-5(8)3-6(9-2)12-7/h3H,1-2H3,(H2,9,10,11,12,13). The van der Waals surface area contributed by atoms with Crippen LogP contribution in [0.15, 0.2) is 6.07 Å². The zero-order valence-corrected chi connectivity index (χ0v) is 8.01. The van der Waals surface area contributed by atoms with Crippen LogP contribution in [0.2, 0.25) is 5.15 Å². The molecule has 13 heavy (non-hydrogen) atoms. The summed E-state index contributed by atoms with van der Waals surface area (Å²) in [5, 5.41) is 5.51. The van der Waals surface area contributed by atoms with Crippen molar-refractivity contribution in [2.45, 2.75) is 6.92 Å². The summed E-state index contributed by atoms with van der Waals surface area (Å²) in [7, 11) is 1.70. The summed E-state index contributed by atoms with van der Waals surface area (Å²) in [5.74, 6) is 0.525. The van der Waals surface area contributed by atoms with Crippen LogP contribution in [0.4, 0.5) is 11.8 Å². The minimum absolute atomic E-state index is 0.198. The maximum atomic E-state index is 10.7. The van der Waals surface area contributed by atoms with E-state index in [1.54, 1.807) is 13.1 Å². The molecule has 0 spiro atoms. The Labute approximate surface area is 80.5 Å². The van der Waals surface area contributed by atoms with Gasteiger partial charge in [0, 0.05) is 20.0 Å². The summed E-state index contributed by atoms with van der Waals surface area (Å²) < 4.78 is 0. The molecule has 1 amide bonds. The van der Waals surface area contributed by atoms with Gasteiger partial charge in [0.1, 0.15) is 11.0 Å². The van der Waals surface area contributed by atoms with E-state index in [1.807, 2.05) is 0 Å². The van der Waals surface area contributed by atoms with Crippen LogP contribution in [0.5, 0.6) is 0 Å². The SMILES string of the molecule is CNc1cc(Cl)nc(NC(C)=O)n1. The largest absolute Gasteiger partial charge is 0.373 e. The van der Waals surface area contributed by atoms with Crippen LogP contribution >= 0.6 is 11.6 Å². The number of carbonyl (C=O) groups excluding carboxylic acids is 1. The van der Waals surface area contributed by atoms with Gasteiger partial charge in [-0.3, -0.25) is 10.1 Å². The molecule has 0 aliphatic heterocycles. The zero-order valence-electron chi connectivity index (χ0n) is 7.26. The first-order valence-electron chi connectivity index (χ1n) is 3.61. The normalized spacial score (nSPS) is 9.46. The van der Waals surface area contributed by atoms with Gasteiger partial charge in [-0.25, -0.2) is 4.98 Å². The van der Waals surface area contributed by atoms with Crippen molar-refractivity contribution in [3.05, 3.63) is 11.2 Å². The third-order valence-electron chi connectivity index (χ3n) is 1.24. The quantitative estimate of drug-likeness (QED) is 0.703. The second kappa shape index (κ2) is 4.04. The third-order valence-corrected chi connectivity index (χ3v) is 1.43. The molecule has 0 aliphatic rings. The van der Waals surface area contributed by atoms with Crippen LogP contribution in [0, 0.1) is 0 Å². The number of amides is 1. The third kappa shape index (κ3) is 2.87. The summed E-state index contributed by atoms with van der Waals surface area (Å²) in [6, 6.07) is 1.56. The molecule has 0 atom stereocenters. The molecular weight excluding hydrogens is 192 g/mol. The zero-order chi connectivity index (χ0) is 9.84. The highest BCUT2D eigenvalue weighted by molar-refractivity contribution is 6.29. The van der Waals surface area contributed by atoms with Crippen molar-refractivity contribution in [2.24, 2.45) is 0 Å². The predicted molar refractivity (Wildman–Crippen MR) is 50.9 cm³/mol. The van der Waals surface area contributed by atoms with Crippen molar-refractivity contribution in [1.82, 2.24) is 9.97 Å². The van der Waals surface area contributed by atoms with Gasteiger partial charge in [-0.15, -0.1) is 0 Å². The molecule has 2 N–H and O–H groups in total. The summed E-state index contributed by atoms with van der Waals surface area (Å²) in [6.45, 7) is 1.38. The van der Waals surface area contributed by atoms with Crippen molar-refractivity contribution in [3.63, 3.8) is 0 Å². The van der Waals surface area contributed by atoms with E-state index in [0.717, 1.165) is 0 Å². The lowest BCUT2D eigenvalue weighted by molar-refractivity contribution is -0.114. The maximum Gasteiger partial charge on any atom is 0.232 e. The molecule has 0 fully saturated rings. The van der Waals surface area contributed by atoms with Crippen LogP contribution < -0.4 is 10.6 Å². The molecule has 70 valence electrons. The number of rotatable bonds is 2. The lowest BCUT2D eigenvalue weighted by Gasteiger charge is -2.03. The van der Waals surface area contributed by atoms with Gasteiger partial charge in [0.05, 0.1) is 0 Å². The number of hydrogen-bond donors (Lipinski definition) is 2. The molecule has 0 radical (unpaired) electrons. The van der Waals surface area contributed by atoms with Crippen molar-refractivity contribution in [2.75, 3.05) is 17.7 Å². The first kappa shape index (κ1) is 9.73. The smallest absolute Gasteiger partial charge is 0.232 e. The van der Waals surface area contributed by atoms with Crippen LogP contribution in [0.25, 0.3) is 0 Å². The number of anilines is 2. The van der Waals surface area contributed by atoms with Crippen LogP contribution in [0.1, 0.15) is 6.92 Å². The topological polar surface area (TPSA) is 66.9 Å². The Morgan fingerprint density at radius 1 is 1.54 bits per heavy atom. The Balaban J connectivity index is 2.94. The fraction of sp³-hybridized carbons (Fsp3) is 0.286. The van der Waals surface area contributed by atoms with Crippen LogP contribution in [-0.4, -0.2) is 22.9 Å². The Kier molecular flexibility index (Phi) is 3.02. The van der Waals surface area contributed by atoms with E-state index in [2.05, 4.69) is 20.6 Å². The van der Waals surface area contributed by atoms with Crippen LogP contribution in [0.3, 0.4) is 0 Å². The molecule has 1 aromatic rings. The highest BCUT2D eigenvalue weighted by atomic mass is 35.5. The fourth-order valence-electron chi connectivity index (χ4n) is 0.759. The fourth-order valence-corrected chi connectivity index (χ4v) is 0.942.